The number of carbonyl (C=O) groups is 2. The molecule has 0 saturated heterocycles. The Bertz CT molecular complexity index is 774. The molecule has 0 radical (unpaired) electrons. The van der Waals surface area contributed by atoms with E-state index in [4.69, 9.17) is 12.2 Å². The lowest BCUT2D eigenvalue weighted by Crippen LogP contribution is -2.33. The molecule has 3 N–H and O–H groups in total. The number of sulfonamides is 1. The minimum atomic E-state index is -3.54. The van der Waals surface area contributed by atoms with Crippen LogP contribution in [0.25, 0.3) is 0 Å². The van der Waals surface area contributed by atoms with Gasteiger partial charge in [-0.05, 0) is 49.8 Å². The third kappa shape index (κ3) is 7.72. The third-order valence-electron chi connectivity index (χ3n) is 2.86. The number of rotatable bonds is 8. The van der Waals surface area contributed by atoms with Gasteiger partial charge in [0.15, 0.2) is 5.11 Å². The highest BCUT2D eigenvalue weighted by Gasteiger charge is 2.12. The number of carbonyl (C=O) groups excluding carboxylic acids is 2. The lowest BCUT2D eigenvalue weighted by molar-refractivity contribution is -0.137. The van der Waals surface area contributed by atoms with Gasteiger partial charge in [0.1, 0.15) is 0 Å². The summed E-state index contributed by atoms with van der Waals surface area (Å²) in [5.41, 5.74) is 0.499. The highest BCUT2D eigenvalue weighted by Crippen LogP contribution is 2.13. The van der Waals surface area contributed by atoms with Gasteiger partial charge in [0.2, 0.25) is 15.9 Å². The van der Waals surface area contributed by atoms with Crippen molar-refractivity contribution in [3.63, 3.8) is 0 Å². The molecule has 8 nitrogen and oxygen atoms in total. The van der Waals surface area contributed by atoms with Gasteiger partial charge in [-0.3, -0.25) is 10.1 Å². The van der Waals surface area contributed by atoms with Gasteiger partial charge in [-0.25, -0.2) is 17.9 Å². The Balaban J connectivity index is 2.60. The average molecular weight is 399 g/mol. The summed E-state index contributed by atoms with van der Waals surface area (Å²) >= 11 is 4.98. The van der Waals surface area contributed by atoms with Gasteiger partial charge in [-0.15, -0.1) is 0 Å². The Morgan fingerprint density at radius 3 is 2.38 bits per heavy atom. The summed E-state index contributed by atoms with van der Waals surface area (Å²) in [5, 5.41) is 5.10. The van der Waals surface area contributed by atoms with Crippen LogP contribution in [0, 0.1) is 0 Å². The summed E-state index contributed by atoms with van der Waals surface area (Å²) < 4.78 is 31.1. The van der Waals surface area contributed by atoms with Crippen LogP contribution >= 0.6 is 12.2 Å². The first kappa shape index (κ1) is 21.7. The van der Waals surface area contributed by atoms with E-state index in [-0.39, 0.29) is 16.6 Å². The SMILES string of the molecule is CCCNS(=O)(=O)c1ccc(NC(=S)NC(=O)C=CC(=O)OCC)cc1. The quantitative estimate of drug-likeness (QED) is 0.343. The van der Waals surface area contributed by atoms with Crippen molar-refractivity contribution >= 4 is 44.9 Å². The fourth-order valence-electron chi connectivity index (χ4n) is 1.69. The molecule has 0 atom stereocenters. The summed E-state index contributed by atoms with van der Waals surface area (Å²) in [4.78, 5) is 22.9. The Morgan fingerprint density at radius 2 is 1.81 bits per heavy atom. The summed E-state index contributed by atoms with van der Waals surface area (Å²) in [6.07, 6.45) is 2.68. The minimum absolute atomic E-state index is 0.00299. The van der Waals surface area contributed by atoms with Crippen molar-refractivity contribution < 1.29 is 22.7 Å². The first-order chi connectivity index (χ1) is 12.3. The highest BCUT2D eigenvalue weighted by atomic mass is 32.2. The summed E-state index contributed by atoms with van der Waals surface area (Å²) in [7, 11) is -3.54. The molecule has 142 valence electrons. The summed E-state index contributed by atoms with van der Waals surface area (Å²) in [6, 6.07) is 5.89. The molecule has 0 aromatic heterocycles. The zero-order chi connectivity index (χ0) is 19.6. The van der Waals surface area contributed by atoms with Gasteiger partial charge in [0, 0.05) is 24.4 Å². The van der Waals surface area contributed by atoms with Crippen molar-refractivity contribution in [3.05, 3.63) is 36.4 Å². The van der Waals surface area contributed by atoms with Gasteiger partial charge < -0.3 is 10.1 Å². The molecule has 0 aliphatic heterocycles. The van der Waals surface area contributed by atoms with E-state index in [1.807, 2.05) is 6.92 Å². The van der Waals surface area contributed by atoms with Crippen molar-refractivity contribution in [3.8, 4) is 0 Å². The Morgan fingerprint density at radius 1 is 1.15 bits per heavy atom. The molecule has 0 unspecified atom stereocenters. The summed E-state index contributed by atoms with van der Waals surface area (Å²) in [6.45, 7) is 4.09. The molecule has 1 aromatic carbocycles. The molecule has 0 saturated carbocycles. The molecular weight excluding hydrogens is 378 g/mol. The van der Waals surface area contributed by atoms with E-state index in [9.17, 15) is 18.0 Å². The zero-order valence-electron chi connectivity index (χ0n) is 14.4. The number of hydrogen-bond acceptors (Lipinski definition) is 6. The average Bonchev–Trinajstić information content (AvgIpc) is 2.59. The first-order valence-corrected chi connectivity index (χ1v) is 9.74. The van der Waals surface area contributed by atoms with E-state index in [0.717, 1.165) is 12.2 Å². The van der Waals surface area contributed by atoms with Crippen LogP contribution in [0.2, 0.25) is 0 Å². The lowest BCUT2D eigenvalue weighted by atomic mass is 10.3. The number of thiocarbonyl (C=S) groups is 1. The van der Waals surface area contributed by atoms with Crippen LogP contribution in [0.4, 0.5) is 5.69 Å². The smallest absolute Gasteiger partial charge is 0.330 e. The Kier molecular flexibility index (Phi) is 8.90. The third-order valence-corrected chi connectivity index (χ3v) is 4.54. The maximum atomic E-state index is 12.0. The topological polar surface area (TPSA) is 114 Å². The zero-order valence-corrected chi connectivity index (χ0v) is 16.1. The molecule has 0 spiro atoms. The number of ether oxygens (including phenoxy) is 1. The number of amides is 1. The maximum absolute atomic E-state index is 12.0. The van der Waals surface area contributed by atoms with Crippen LogP contribution < -0.4 is 15.4 Å². The number of nitrogens with one attached hydrogen (secondary N) is 3. The predicted octanol–water partition coefficient (Wildman–Crippen LogP) is 1.31. The highest BCUT2D eigenvalue weighted by molar-refractivity contribution is 7.89. The number of esters is 1. The van der Waals surface area contributed by atoms with Crippen LogP contribution in [0.5, 0.6) is 0 Å². The molecule has 1 rings (SSSR count). The second-order valence-corrected chi connectivity index (χ2v) is 7.13. The summed E-state index contributed by atoms with van der Waals surface area (Å²) in [5.74, 6) is -1.23. The molecule has 0 bridgehead atoms. The predicted molar refractivity (Wildman–Crippen MR) is 102 cm³/mol. The monoisotopic (exact) mass is 399 g/mol. The molecule has 1 aromatic rings. The van der Waals surface area contributed by atoms with Gasteiger partial charge >= 0.3 is 5.97 Å². The maximum Gasteiger partial charge on any atom is 0.330 e. The van der Waals surface area contributed by atoms with Gasteiger partial charge in [0.05, 0.1) is 11.5 Å². The molecule has 0 aliphatic carbocycles. The standard InChI is InChI=1S/C16H21N3O5S2/c1-3-11-17-26(22,23)13-7-5-12(6-8-13)18-16(25)19-14(20)9-10-15(21)24-4-2/h5-10,17H,3-4,11H2,1-2H3,(H2,18,19,20,25). The largest absolute Gasteiger partial charge is 0.463 e. The minimum Gasteiger partial charge on any atom is -0.463 e. The number of benzene rings is 1. The first-order valence-electron chi connectivity index (χ1n) is 7.85. The molecule has 26 heavy (non-hydrogen) atoms. The lowest BCUT2D eigenvalue weighted by Gasteiger charge is -2.09. The van der Waals surface area contributed by atoms with Crippen LogP contribution in [0.15, 0.2) is 41.3 Å². The second kappa shape index (κ2) is 10.6. The van der Waals surface area contributed by atoms with Gasteiger partial charge in [-0.1, -0.05) is 6.92 Å². The van der Waals surface area contributed by atoms with Crippen molar-refractivity contribution in [2.45, 2.75) is 25.2 Å². The van der Waals surface area contributed by atoms with Gasteiger partial charge in [-0.2, -0.15) is 0 Å². The van der Waals surface area contributed by atoms with E-state index in [0.29, 0.717) is 18.7 Å². The van der Waals surface area contributed by atoms with Crippen molar-refractivity contribution in [1.82, 2.24) is 10.0 Å². The van der Waals surface area contributed by atoms with Crippen LogP contribution in [0.1, 0.15) is 20.3 Å². The van der Waals surface area contributed by atoms with Crippen LogP contribution in [-0.4, -0.2) is 38.6 Å². The Labute approximate surface area is 158 Å². The molecule has 1 amide bonds. The number of hydrogen-bond donors (Lipinski definition) is 3. The van der Waals surface area contributed by atoms with Crippen molar-refractivity contribution in [2.24, 2.45) is 0 Å². The van der Waals surface area contributed by atoms with E-state index in [2.05, 4.69) is 20.1 Å². The van der Waals surface area contributed by atoms with Crippen LogP contribution in [-0.2, 0) is 24.3 Å². The second-order valence-electron chi connectivity index (χ2n) is 4.95. The molecular formula is C16H21N3O5S2. The van der Waals surface area contributed by atoms with Crippen molar-refractivity contribution in [1.29, 1.82) is 0 Å². The fourth-order valence-corrected chi connectivity index (χ4v) is 3.04. The Hall–Kier alpha value is -2.30. The number of anilines is 1. The van der Waals surface area contributed by atoms with E-state index < -0.39 is 21.9 Å². The van der Waals surface area contributed by atoms with E-state index >= 15 is 0 Å². The molecule has 0 fully saturated rings. The van der Waals surface area contributed by atoms with Crippen LogP contribution in [0.3, 0.4) is 0 Å². The normalized spacial score (nSPS) is 11.2. The fraction of sp³-hybridized carbons (Fsp3) is 0.312. The van der Waals surface area contributed by atoms with E-state index in [1.54, 1.807) is 6.92 Å². The molecule has 0 aliphatic rings. The van der Waals surface area contributed by atoms with E-state index in [1.165, 1.54) is 24.3 Å². The molecule has 10 heteroatoms. The molecule has 0 heterocycles. The van der Waals surface area contributed by atoms with Crippen molar-refractivity contribution in [2.75, 3.05) is 18.5 Å². The van der Waals surface area contributed by atoms with Gasteiger partial charge in [0.25, 0.3) is 0 Å².